The van der Waals surface area contributed by atoms with E-state index in [1.807, 2.05) is 6.08 Å². The molecule has 104 valence electrons. The van der Waals surface area contributed by atoms with Crippen LogP contribution in [-0.4, -0.2) is 6.04 Å². The standard InChI is InChI=1S/C19H23N/c1-5-17-11-7-8-12-18(17)14-20(15(2)3)19-13-9-6-10-16(19)4/h5-13,15H,1,14H2,2-4H3. The molecule has 0 aliphatic rings. The van der Waals surface area contributed by atoms with Crippen molar-refractivity contribution in [3.05, 3.63) is 71.8 Å². The van der Waals surface area contributed by atoms with Gasteiger partial charge in [-0.2, -0.15) is 0 Å². The van der Waals surface area contributed by atoms with Gasteiger partial charge in [0, 0.05) is 18.3 Å². The highest BCUT2D eigenvalue weighted by atomic mass is 15.2. The Bertz CT molecular complexity index is 584. The van der Waals surface area contributed by atoms with Gasteiger partial charge >= 0.3 is 0 Å². The van der Waals surface area contributed by atoms with Crippen molar-refractivity contribution in [2.45, 2.75) is 33.4 Å². The van der Waals surface area contributed by atoms with Crippen molar-refractivity contribution in [3.63, 3.8) is 0 Å². The lowest BCUT2D eigenvalue weighted by atomic mass is 10.0. The van der Waals surface area contributed by atoms with Gasteiger partial charge in [-0.05, 0) is 43.5 Å². The van der Waals surface area contributed by atoms with Gasteiger partial charge in [0.15, 0.2) is 0 Å². The van der Waals surface area contributed by atoms with E-state index in [1.165, 1.54) is 22.4 Å². The SMILES string of the molecule is C=Cc1ccccc1CN(c1ccccc1C)C(C)C. The lowest BCUT2D eigenvalue weighted by Gasteiger charge is -2.31. The van der Waals surface area contributed by atoms with E-state index in [0.717, 1.165) is 6.54 Å². The summed E-state index contributed by atoms with van der Waals surface area (Å²) >= 11 is 0. The number of nitrogens with zero attached hydrogens (tertiary/aromatic N) is 1. The van der Waals surface area contributed by atoms with Gasteiger partial charge in [0.05, 0.1) is 0 Å². The Hall–Kier alpha value is -2.02. The molecule has 0 amide bonds. The monoisotopic (exact) mass is 265 g/mol. The number of anilines is 1. The van der Waals surface area contributed by atoms with E-state index in [2.05, 4.69) is 80.8 Å². The van der Waals surface area contributed by atoms with Crippen LogP contribution in [0.4, 0.5) is 5.69 Å². The molecule has 0 aliphatic heterocycles. The Morgan fingerprint density at radius 1 is 1.05 bits per heavy atom. The second-order valence-corrected chi connectivity index (χ2v) is 5.41. The highest BCUT2D eigenvalue weighted by molar-refractivity contribution is 5.57. The van der Waals surface area contributed by atoms with Crippen LogP contribution < -0.4 is 4.90 Å². The van der Waals surface area contributed by atoms with Crippen molar-refractivity contribution in [1.82, 2.24) is 0 Å². The number of para-hydroxylation sites is 1. The fourth-order valence-electron chi connectivity index (χ4n) is 2.49. The number of hydrogen-bond acceptors (Lipinski definition) is 1. The zero-order valence-corrected chi connectivity index (χ0v) is 12.6. The van der Waals surface area contributed by atoms with Crippen LogP contribution in [0.25, 0.3) is 6.08 Å². The molecule has 0 atom stereocenters. The van der Waals surface area contributed by atoms with Crippen LogP contribution in [0.15, 0.2) is 55.1 Å². The van der Waals surface area contributed by atoms with Crippen molar-refractivity contribution in [1.29, 1.82) is 0 Å². The Balaban J connectivity index is 2.36. The Morgan fingerprint density at radius 2 is 1.70 bits per heavy atom. The fraction of sp³-hybridized carbons (Fsp3) is 0.263. The van der Waals surface area contributed by atoms with Crippen LogP contribution in [-0.2, 0) is 6.54 Å². The molecule has 20 heavy (non-hydrogen) atoms. The van der Waals surface area contributed by atoms with Gasteiger partial charge in [-0.15, -0.1) is 0 Å². The zero-order chi connectivity index (χ0) is 14.5. The molecule has 0 N–H and O–H groups in total. The van der Waals surface area contributed by atoms with Gasteiger partial charge < -0.3 is 4.90 Å². The van der Waals surface area contributed by atoms with E-state index in [4.69, 9.17) is 0 Å². The minimum Gasteiger partial charge on any atom is -0.365 e. The third kappa shape index (κ3) is 3.11. The average Bonchev–Trinajstić information content (AvgIpc) is 2.46. The van der Waals surface area contributed by atoms with Crippen LogP contribution in [0, 0.1) is 6.92 Å². The molecule has 2 rings (SSSR count). The second kappa shape index (κ2) is 6.42. The smallest absolute Gasteiger partial charge is 0.0438 e. The Labute approximate surface area is 122 Å². The topological polar surface area (TPSA) is 3.24 Å². The van der Waals surface area contributed by atoms with Crippen molar-refractivity contribution >= 4 is 11.8 Å². The van der Waals surface area contributed by atoms with Crippen molar-refractivity contribution in [2.75, 3.05) is 4.90 Å². The van der Waals surface area contributed by atoms with Crippen molar-refractivity contribution < 1.29 is 0 Å². The lowest BCUT2D eigenvalue weighted by molar-refractivity contribution is 0.680. The molecular formula is C19H23N. The Kier molecular flexibility index (Phi) is 4.62. The molecule has 1 heteroatoms. The molecule has 0 saturated heterocycles. The van der Waals surface area contributed by atoms with Crippen LogP contribution in [0.5, 0.6) is 0 Å². The number of benzene rings is 2. The lowest BCUT2D eigenvalue weighted by Crippen LogP contribution is -2.31. The molecule has 0 radical (unpaired) electrons. The molecule has 0 unspecified atom stereocenters. The summed E-state index contributed by atoms with van der Waals surface area (Å²) in [5.74, 6) is 0. The van der Waals surface area contributed by atoms with E-state index in [-0.39, 0.29) is 0 Å². The zero-order valence-electron chi connectivity index (χ0n) is 12.6. The van der Waals surface area contributed by atoms with E-state index >= 15 is 0 Å². The summed E-state index contributed by atoms with van der Waals surface area (Å²) in [4.78, 5) is 2.44. The first-order valence-corrected chi connectivity index (χ1v) is 7.16. The fourth-order valence-corrected chi connectivity index (χ4v) is 2.49. The minimum atomic E-state index is 0.453. The second-order valence-electron chi connectivity index (χ2n) is 5.41. The summed E-state index contributed by atoms with van der Waals surface area (Å²) in [6, 6.07) is 17.5. The first-order valence-electron chi connectivity index (χ1n) is 7.16. The summed E-state index contributed by atoms with van der Waals surface area (Å²) in [7, 11) is 0. The van der Waals surface area contributed by atoms with Gasteiger partial charge in [-0.1, -0.05) is 55.1 Å². The minimum absolute atomic E-state index is 0.453. The highest BCUT2D eigenvalue weighted by Gasteiger charge is 2.14. The van der Waals surface area contributed by atoms with Gasteiger partial charge in [-0.3, -0.25) is 0 Å². The average molecular weight is 265 g/mol. The quantitative estimate of drug-likeness (QED) is 0.731. The summed E-state index contributed by atoms with van der Waals surface area (Å²) in [6.45, 7) is 11.5. The maximum Gasteiger partial charge on any atom is 0.0438 e. The van der Waals surface area contributed by atoms with Crippen molar-refractivity contribution in [3.8, 4) is 0 Å². The first kappa shape index (κ1) is 14.4. The molecule has 0 heterocycles. The van der Waals surface area contributed by atoms with E-state index in [9.17, 15) is 0 Å². The molecule has 2 aromatic rings. The highest BCUT2D eigenvalue weighted by Crippen LogP contribution is 2.25. The summed E-state index contributed by atoms with van der Waals surface area (Å²) in [6.07, 6.45) is 1.94. The van der Waals surface area contributed by atoms with E-state index < -0.39 is 0 Å². The summed E-state index contributed by atoms with van der Waals surface area (Å²) in [5.41, 5.74) is 5.16. The predicted octanol–water partition coefficient (Wildman–Crippen LogP) is 5.05. The van der Waals surface area contributed by atoms with Crippen LogP contribution >= 0.6 is 0 Å². The molecular weight excluding hydrogens is 242 g/mol. The summed E-state index contributed by atoms with van der Waals surface area (Å²) in [5, 5.41) is 0. The maximum absolute atomic E-state index is 3.92. The van der Waals surface area contributed by atoms with Crippen LogP contribution in [0.2, 0.25) is 0 Å². The van der Waals surface area contributed by atoms with Gasteiger partial charge in [0.25, 0.3) is 0 Å². The largest absolute Gasteiger partial charge is 0.365 e. The molecule has 0 fully saturated rings. The van der Waals surface area contributed by atoms with E-state index in [1.54, 1.807) is 0 Å². The molecule has 0 spiro atoms. The third-order valence-corrected chi connectivity index (χ3v) is 3.66. The molecule has 1 nitrogen and oxygen atoms in total. The van der Waals surface area contributed by atoms with Crippen LogP contribution in [0.1, 0.15) is 30.5 Å². The summed E-state index contributed by atoms with van der Waals surface area (Å²) < 4.78 is 0. The molecule has 2 aromatic carbocycles. The molecule has 0 aliphatic carbocycles. The number of hydrogen-bond donors (Lipinski definition) is 0. The molecule has 0 bridgehead atoms. The van der Waals surface area contributed by atoms with Gasteiger partial charge in [0.1, 0.15) is 0 Å². The molecule has 0 saturated carbocycles. The number of aryl methyl sites for hydroxylation is 1. The normalized spacial score (nSPS) is 10.6. The van der Waals surface area contributed by atoms with Gasteiger partial charge in [0.2, 0.25) is 0 Å². The molecule has 0 aromatic heterocycles. The van der Waals surface area contributed by atoms with Crippen molar-refractivity contribution in [2.24, 2.45) is 0 Å². The first-order chi connectivity index (χ1) is 9.63. The number of rotatable bonds is 5. The van der Waals surface area contributed by atoms with Crippen LogP contribution in [0.3, 0.4) is 0 Å². The Morgan fingerprint density at radius 3 is 2.35 bits per heavy atom. The van der Waals surface area contributed by atoms with Gasteiger partial charge in [-0.25, -0.2) is 0 Å². The maximum atomic E-state index is 3.92. The third-order valence-electron chi connectivity index (χ3n) is 3.66. The van der Waals surface area contributed by atoms with E-state index in [0.29, 0.717) is 6.04 Å². The predicted molar refractivity (Wildman–Crippen MR) is 89.0 cm³/mol.